The molecule has 3 aromatic rings. The molecule has 0 unspecified atom stereocenters. The minimum Gasteiger partial charge on any atom is -0.506 e. The number of thiazole rings is 1. The molecule has 2 aliphatic heterocycles. The first-order valence-corrected chi connectivity index (χ1v) is 14.3. The largest absolute Gasteiger partial charge is 0.506 e. The van der Waals surface area contributed by atoms with Gasteiger partial charge in [-0.05, 0) is 30.2 Å². The Balaban J connectivity index is 1.49. The fraction of sp³-hybridized carbons (Fsp3) is 0.393. The predicted octanol–water partition coefficient (Wildman–Crippen LogP) is 1.76. The highest BCUT2D eigenvalue weighted by molar-refractivity contribution is 7.22. The smallest absolute Gasteiger partial charge is 0.332 e. The van der Waals surface area contributed by atoms with E-state index >= 15 is 0 Å². The van der Waals surface area contributed by atoms with Crippen molar-refractivity contribution in [1.29, 1.82) is 0 Å². The lowest BCUT2D eigenvalue weighted by Gasteiger charge is -2.46. The average molecular weight is 577 g/mol. The number of nitrogen functional groups attached to an aromatic ring is 1. The number of amides is 4. The number of anilines is 1. The van der Waals surface area contributed by atoms with E-state index in [0.717, 1.165) is 28.6 Å². The number of nitrogens with zero attached hydrogens (tertiary/aromatic N) is 6. The van der Waals surface area contributed by atoms with E-state index in [9.17, 15) is 19.5 Å². The Morgan fingerprint density at radius 1 is 1.32 bits per heavy atom. The van der Waals surface area contributed by atoms with E-state index < -0.39 is 18.2 Å². The zero-order valence-corrected chi connectivity index (χ0v) is 23.5. The van der Waals surface area contributed by atoms with Gasteiger partial charge in [0.05, 0.1) is 36.0 Å². The molecule has 2 atom stereocenters. The second-order valence-electron chi connectivity index (χ2n) is 9.99. The van der Waals surface area contributed by atoms with Crippen LogP contribution in [0.25, 0.3) is 10.2 Å². The Labute approximate surface area is 241 Å². The van der Waals surface area contributed by atoms with Crippen LogP contribution in [-0.2, 0) is 22.6 Å². The fourth-order valence-electron chi connectivity index (χ4n) is 5.31. The summed E-state index contributed by atoms with van der Waals surface area (Å²) >= 11 is 1.37. The number of nitrogens with one attached hydrogen (secondary N) is 1. The zero-order chi connectivity index (χ0) is 29.1. The maximum Gasteiger partial charge on any atom is 0.332 e. The van der Waals surface area contributed by atoms with Crippen molar-refractivity contribution in [2.45, 2.75) is 44.9 Å². The summed E-state index contributed by atoms with van der Waals surface area (Å²) in [5.74, 6) is 1.99. The van der Waals surface area contributed by atoms with Gasteiger partial charge in [-0.1, -0.05) is 42.7 Å². The van der Waals surface area contributed by atoms with E-state index in [4.69, 9.17) is 12.2 Å². The lowest BCUT2D eigenvalue weighted by atomic mass is 10.0. The summed E-state index contributed by atoms with van der Waals surface area (Å²) in [6, 6.07) is 7.58. The molecule has 0 bridgehead atoms. The molecule has 4 N–H and O–H groups in total. The third kappa shape index (κ3) is 5.75. The first-order valence-electron chi connectivity index (χ1n) is 13.4. The van der Waals surface area contributed by atoms with Crippen LogP contribution >= 0.6 is 11.3 Å². The molecular weight excluding hydrogens is 544 g/mol. The molecule has 13 heteroatoms. The van der Waals surface area contributed by atoms with Crippen LogP contribution in [0.5, 0.6) is 5.75 Å². The number of hydrogen-bond acceptors (Lipinski definition) is 9. The number of urea groups is 1. The molecule has 5 rings (SSSR count). The summed E-state index contributed by atoms with van der Waals surface area (Å²) in [5.41, 5.74) is 8.06. The van der Waals surface area contributed by atoms with Gasteiger partial charge in [0.15, 0.2) is 5.13 Å². The molecule has 214 valence electrons. The quantitative estimate of drug-likeness (QED) is 0.258. The summed E-state index contributed by atoms with van der Waals surface area (Å²) in [5, 5.41) is 16.0. The first-order chi connectivity index (χ1) is 19.8. The summed E-state index contributed by atoms with van der Waals surface area (Å²) in [6.07, 6.45) is 8.16. The number of nitrogens with two attached hydrogens (primary N) is 1. The molecule has 2 aromatic heterocycles. The molecule has 2 saturated heterocycles. The number of rotatable bonds is 9. The number of unbranched alkanes of at least 4 members (excludes halogenated alkanes) is 1. The summed E-state index contributed by atoms with van der Waals surface area (Å²) in [4.78, 5) is 52.6. The summed E-state index contributed by atoms with van der Waals surface area (Å²) in [7, 11) is 0. The van der Waals surface area contributed by atoms with Gasteiger partial charge in [0, 0.05) is 25.2 Å². The highest BCUT2D eigenvalue weighted by Gasteiger charge is 2.52. The van der Waals surface area contributed by atoms with Crippen LogP contribution in [0.3, 0.4) is 0 Å². The second-order valence-corrected chi connectivity index (χ2v) is 11.1. The van der Waals surface area contributed by atoms with Crippen molar-refractivity contribution in [1.82, 2.24) is 35.1 Å². The molecule has 1 aromatic carbocycles. The van der Waals surface area contributed by atoms with Crippen molar-refractivity contribution in [3.63, 3.8) is 0 Å². The maximum absolute atomic E-state index is 14.0. The zero-order valence-electron chi connectivity index (χ0n) is 22.7. The van der Waals surface area contributed by atoms with Crippen molar-refractivity contribution in [2.24, 2.45) is 0 Å². The van der Waals surface area contributed by atoms with Crippen molar-refractivity contribution >= 4 is 44.5 Å². The Kier molecular flexibility index (Phi) is 8.23. The predicted molar refractivity (Wildman–Crippen MR) is 154 cm³/mol. The number of pyridine rings is 1. The third-order valence-corrected chi connectivity index (χ3v) is 8.10. The van der Waals surface area contributed by atoms with E-state index in [1.807, 2.05) is 25.1 Å². The van der Waals surface area contributed by atoms with Crippen LogP contribution in [0.1, 0.15) is 31.0 Å². The molecule has 0 saturated carbocycles. The van der Waals surface area contributed by atoms with Crippen molar-refractivity contribution in [2.75, 3.05) is 31.9 Å². The minimum atomic E-state index is -0.876. The second kappa shape index (κ2) is 12.0. The molecule has 0 aliphatic carbocycles. The number of carbonyl (C=O) groups excluding carboxylic acids is 3. The van der Waals surface area contributed by atoms with Gasteiger partial charge in [-0.15, -0.1) is 6.42 Å². The van der Waals surface area contributed by atoms with E-state index in [0.29, 0.717) is 17.4 Å². The molecule has 4 amide bonds. The van der Waals surface area contributed by atoms with Crippen LogP contribution in [0.4, 0.5) is 9.93 Å². The van der Waals surface area contributed by atoms with Gasteiger partial charge in [-0.25, -0.2) is 14.8 Å². The molecule has 0 spiro atoms. The van der Waals surface area contributed by atoms with Gasteiger partial charge in [0.1, 0.15) is 18.0 Å². The van der Waals surface area contributed by atoms with Crippen molar-refractivity contribution < 1.29 is 19.5 Å². The number of hydrogen-bond donors (Lipinski definition) is 3. The van der Waals surface area contributed by atoms with Crippen molar-refractivity contribution in [3.05, 3.63) is 47.8 Å². The number of piperazine rings is 1. The number of aromatic hydroxyl groups is 1. The number of carbonyl (C=O) groups is 3. The van der Waals surface area contributed by atoms with E-state index in [1.165, 1.54) is 33.5 Å². The van der Waals surface area contributed by atoms with Crippen LogP contribution in [0.15, 0.2) is 36.5 Å². The van der Waals surface area contributed by atoms with Crippen LogP contribution in [0.2, 0.25) is 0 Å². The third-order valence-electron chi connectivity index (χ3n) is 7.25. The van der Waals surface area contributed by atoms with Gasteiger partial charge in [0.2, 0.25) is 11.8 Å². The maximum atomic E-state index is 14.0. The standard InChI is InChI=1S/C28H32N8O4S/c1-3-5-11-30-28(40)34(12-4-2)35-17-24(38)36-21(13-19-9-10-20(37)14-31-19)26(39)33(16-23(35)36)15-18-7-6-8-22-25(18)32-27(29)41-22/h2,6-10,14,21,23,37H,3,5,11-13,15-17H2,1H3,(H2,29,32)(H,30,40)/t21-,23+/m0/s1. The Bertz CT molecular complexity index is 1490. The number of terminal acetylenes is 1. The normalized spacial score (nSPS) is 18.9. The highest BCUT2D eigenvalue weighted by atomic mass is 32.1. The fourth-order valence-corrected chi connectivity index (χ4v) is 6.09. The van der Waals surface area contributed by atoms with E-state index in [-0.39, 0.29) is 50.2 Å². The lowest BCUT2D eigenvalue weighted by Crippen LogP contribution is -2.66. The van der Waals surface area contributed by atoms with Crippen LogP contribution < -0.4 is 11.1 Å². The monoisotopic (exact) mass is 576 g/mol. The Morgan fingerprint density at radius 3 is 2.88 bits per heavy atom. The number of para-hydroxylation sites is 1. The Hall–Kier alpha value is -4.41. The molecule has 0 radical (unpaired) electrons. The SMILES string of the molecule is C#CCN(C(=O)NCCCC)N1CC(=O)N2[C@@H](Cc3ccc(O)cn3)C(=O)N(Cc3cccc4sc(N)nc34)C[C@@H]21. The number of fused-ring (bicyclic) bond motifs is 2. The topological polar surface area (TPSA) is 148 Å². The van der Waals surface area contributed by atoms with E-state index in [1.54, 1.807) is 16.0 Å². The van der Waals surface area contributed by atoms with Gasteiger partial charge < -0.3 is 26.0 Å². The lowest BCUT2D eigenvalue weighted by molar-refractivity contribution is -0.157. The minimum absolute atomic E-state index is 0.00119. The number of hydrazine groups is 1. The summed E-state index contributed by atoms with van der Waals surface area (Å²) < 4.78 is 0.914. The van der Waals surface area contributed by atoms with Gasteiger partial charge in [-0.2, -0.15) is 5.01 Å². The Morgan fingerprint density at radius 2 is 2.15 bits per heavy atom. The van der Waals surface area contributed by atoms with Gasteiger partial charge in [0.25, 0.3) is 0 Å². The molecular formula is C28H32N8O4S. The highest BCUT2D eigenvalue weighted by Crippen LogP contribution is 2.32. The average Bonchev–Trinajstić information content (AvgIpc) is 3.49. The number of benzene rings is 1. The van der Waals surface area contributed by atoms with Crippen LogP contribution in [0, 0.1) is 12.3 Å². The molecule has 4 heterocycles. The van der Waals surface area contributed by atoms with Crippen molar-refractivity contribution in [3.8, 4) is 18.1 Å². The van der Waals surface area contributed by atoms with Crippen LogP contribution in [-0.4, -0.2) is 91.1 Å². The first kappa shape index (κ1) is 28.1. The molecule has 12 nitrogen and oxygen atoms in total. The van der Waals surface area contributed by atoms with Gasteiger partial charge in [-0.3, -0.25) is 14.6 Å². The van der Waals surface area contributed by atoms with E-state index in [2.05, 4.69) is 21.2 Å². The summed E-state index contributed by atoms with van der Waals surface area (Å²) in [6.45, 7) is 2.76. The molecule has 2 aliphatic rings. The molecule has 2 fully saturated rings. The molecule has 41 heavy (non-hydrogen) atoms. The van der Waals surface area contributed by atoms with Gasteiger partial charge >= 0.3 is 6.03 Å². The number of aromatic nitrogens is 2.